The summed E-state index contributed by atoms with van der Waals surface area (Å²) in [6.07, 6.45) is 1.17. The number of sulfone groups is 1. The van der Waals surface area contributed by atoms with Gasteiger partial charge in [-0.25, -0.2) is 8.42 Å². The molecule has 16 heavy (non-hydrogen) atoms. The van der Waals surface area contributed by atoms with Crippen molar-refractivity contribution in [3.8, 4) is 0 Å². The van der Waals surface area contributed by atoms with Gasteiger partial charge < -0.3 is 5.11 Å². The van der Waals surface area contributed by atoms with E-state index < -0.39 is 21.2 Å². The normalized spacial score (nSPS) is 25.9. The zero-order chi connectivity index (χ0) is 11.8. The molecule has 88 valence electrons. The molecule has 0 spiro atoms. The molecular weight excluding hydrogens is 292 g/mol. The lowest BCUT2D eigenvalue weighted by atomic mass is 10.3. The monoisotopic (exact) mass is 304 g/mol. The van der Waals surface area contributed by atoms with Crippen LogP contribution in [0.3, 0.4) is 0 Å². The Balaban J connectivity index is 2.43. The van der Waals surface area contributed by atoms with Gasteiger partial charge in [-0.2, -0.15) is 0 Å². The molecule has 5 heteroatoms. The molecule has 1 aliphatic carbocycles. The Bertz CT molecular complexity index is 484. The van der Waals surface area contributed by atoms with Crippen molar-refractivity contribution in [3.63, 3.8) is 0 Å². The Kier molecular flexibility index (Phi) is 3.37. The smallest absolute Gasteiger partial charge is 0.184 e. The molecule has 0 radical (unpaired) electrons. The Morgan fingerprint density at radius 3 is 2.50 bits per heavy atom. The molecule has 2 rings (SSSR count). The number of hydrogen-bond donors (Lipinski definition) is 1. The lowest BCUT2D eigenvalue weighted by molar-refractivity contribution is 0.185. The molecule has 1 fully saturated rings. The Hall–Kier alpha value is -0.390. The molecule has 2 atom stereocenters. The van der Waals surface area contributed by atoms with Gasteiger partial charge in [-0.15, -0.1) is 0 Å². The van der Waals surface area contributed by atoms with Crippen molar-refractivity contribution in [2.75, 3.05) is 0 Å². The molecule has 0 amide bonds. The van der Waals surface area contributed by atoms with E-state index in [4.69, 9.17) is 0 Å². The van der Waals surface area contributed by atoms with Gasteiger partial charge in [0.1, 0.15) is 0 Å². The molecule has 2 unspecified atom stereocenters. The van der Waals surface area contributed by atoms with Crippen LogP contribution >= 0.6 is 15.9 Å². The van der Waals surface area contributed by atoms with Gasteiger partial charge in [0.25, 0.3) is 0 Å². The average Bonchev–Trinajstić information content (AvgIpc) is 2.65. The maximum Gasteiger partial charge on any atom is 0.184 e. The van der Waals surface area contributed by atoms with E-state index in [1.54, 1.807) is 24.3 Å². The molecule has 0 bridgehead atoms. The van der Waals surface area contributed by atoms with Gasteiger partial charge >= 0.3 is 0 Å². The topological polar surface area (TPSA) is 54.4 Å². The van der Waals surface area contributed by atoms with Crippen molar-refractivity contribution < 1.29 is 13.5 Å². The van der Waals surface area contributed by atoms with E-state index in [-0.39, 0.29) is 4.90 Å². The largest absolute Gasteiger partial charge is 0.392 e. The zero-order valence-corrected chi connectivity index (χ0v) is 11.0. The van der Waals surface area contributed by atoms with E-state index in [9.17, 15) is 13.5 Å². The van der Waals surface area contributed by atoms with E-state index in [1.807, 2.05) is 0 Å². The molecule has 1 N–H and O–H groups in total. The van der Waals surface area contributed by atoms with Gasteiger partial charge in [0.15, 0.2) is 9.84 Å². The summed E-state index contributed by atoms with van der Waals surface area (Å²) in [6.45, 7) is 0. The standard InChI is InChI=1S/C11H13BrO3S/c12-8-4-1-2-6-10(8)16(14,15)11-7-3-5-9(11)13/h1-2,4,6,9,11,13H,3,5,7H2. The fourth-order valence-corrected chi connectivity index (χ4v) is 5.03. The van der Waals surface area contributed by atoms with E-state index >= 15 is 0 Å². The molecule has 1 saturated carbocycles. The second-order valence-electron chi connectivity index (χ2n) is 4.01. The summed E-state index contributed by atoms with van der Waals surface area (Å²) < 4.78 is 25.1. The predicted molar refractivity (Wildman–Crippen MR) is 65.0 cm³/mol. The van der Waals surface area contributed by atoms with Crippen molar-refractivity contribution >= 4 is 25.8 Å². The van der Waals surface area contributed by atoms with Crippen LogP contribution in [-0.2, 0) is 9.84 Å². The lowest BCUT2D eigenvalue weighted by Gasteiger charge is -2.16. The van der Waals surface area contributed by atoms with Gasteiger partial charge in [-0.3, -0.25) is 0 Å². The van der Waals surface area contributed by atoms with Crippen LogP contribution in [0.25, 0.3) is 0 Å². The third kappa shape index (κ3) is 2.04. The third-order valence-electron chi connectivity index (χ3n) is 2.96. The summed E-state index contributed by atoms with van der Waals surface area (Å²) in [7, 11) is -3.42. The molecule has 0 aromatic heterocycles. The summed E-state index contributed by atoms with van der Waals surface area (Å²) in [6, 6.07) is 6.74. The number of aliphatic hydroxyl groups excluding tert-OH is 1. The molecule has 1 aromatic rings. The molecule has 3 nitrogen and oxygen atoms in total. The summed E-state index contributed by atoms with van der Waals surface area (Å²) in [5.41, 5.74) is 0. The SMILES string of the molecule is O=S(=O)(c1ccccc1Br)C1CCCC1O. The van der Waals surface area contributed by atoms with E-state index in [0.29, 0.717) is 17.3 Å². The van der Waals surface area contributed by atoms with Crippen molar-refractivity contribution in [1.82, 2.24) is 0 Å². The van der Waals surface area contributed by atoms with Gasteiger partial charge in [0, 0.05) is 4.47 Å². The van der Waals surface area contributed by atoms with Gasteiger partial charge in [0.05, 0.1) is 16.2 Å². The van der Waals surface area contributed by atoms with Gasteiger partial charge in [-0.1, -0.05) is 12.1 Å². The summed E-state index contributed by atoms with van der Waals surface area (Å²) >= 11 is 3.24. The van der Waals surface area contributed by atoms with E-state index in [1.165, 1.54) is 0 Å². The summed E-state index contributed by atoms with van der Waals surface area (Å²) in [5.74, 6) is 0. The van der Waals surface area contributed by atoms with Crippen LogP contribution in [0.1, 0.15) is 19.3 Å². The number of halogens is 1. The zero-order valence-electron chi connectivity index (χ0n) is 8.64. The van der Waals surface area contributed by atoms with Crippen LogP contribution in [-0.4, -0.2) is 24.9 Å². The maximum atomic E-state index is 12.3. The summed E-state index contributed by atoms with van der Waals surface area (Å²) in [4.78, 5) is 0.279. The lowest BCUT2D eigenvalue weighted by Crippen LogP contribution is -2.29. The first-order valence-corrected chi connectivity index (χ1v) is 7.54. The fourth-order valence-electron chi connectivity index (χ4n) is 2.11. The number of rotatable bonds is 2. The first-order valence-electron chi connectivity index (χ1n) is 5.20. The second kappa shape index (κ2) is 4.47. The quantitative estimate of drug-likeness (QED) is 0.911. The van der Waals surface area contributed by atoms with Crippen LogP contribution in [0.15, 0.2) is 33.6 Å². The molecule has 0 heterocycles. The predicted octanol–water partition coefficient (Wildman–Crippen LogP) is 2.14. The summed E-state index contributed by atoms with van der Waals surface area (Å²) in [5, 5.41) is 9.04. The van der Waals surface area contributed by atoms with Crippen molar-refractivity contribution in [3.05, 3.63) is 28.7 Å². The third-order valence-corrected chi connectivity index (χ3v) is 6.23. The highest BCUT2D eigenvalue weighted by Gasteiger charge is 2.37. The van der Waals surface area contributed by atoms with Crippen LogP contribution < -0.4 is 0 Å². The number of hydrogen-bond acceptors (Lipinski definition) is 3. The Morgan fingerprint density at radius 1 is 1.25 bits per heavy atom. The van der Waals surface area contributed by atoms with Crippen molar-refractivity contribution in [2.45, 2.75) is 35.5 Å². The van der Waals surface area contributed by atoms with Crippen LogP contribution in [0.5, 0.6) is 0 Å². The van der Waals surface area contributed by atoms with E-state index in [2.05, 4.69) is 15.9 Å². The van der Waals surface area contributed by atoms with Crippen molar-refractivity contribution in [1.29, 1.82) is 0 Å². The van der Waals surface area contributed by atoms with Crippen LogP contribution in [0.2, 0.25) is 0 Å². The second-order valence-corrected chi connectivity index (χ2v) is 7.00. The Labute approximate surface area is 104 Å². The average molecular weight is 305 g/mol. The first-order chi connectivity index (χ1) is 7.53. The minimum absolute atomic E-state index is 0.279. The molecule has 0 saturated heterocycles. The highest BCUT2D eigenvalue weighted by Crippen LogP contribution is 2.33. The first kappa shape index (κ1) is 12.1. The van der Waals surface area contributed by atoms with Gasteiger partial charge in [-0.05, 0) is 47.3 Å². The van der Waals surface area contributed by atoms with E-state index in [0.717, 1.165) is 6.42 Å². The molecule has 0 aliphatic heterocycles. The molecule has 1 aliphatic rings. The highest BCUT2D eigenvalue weighted by atomic mass is 79.9. The maximum absolute atomic E-state index is 12.3. The number of aliphatic hydroxyl groups is 1. The number of benzene rings is 1. The highest BCUT2D eigenvalue weighted by molar-refractivity contribution is 9.10. The van der Waals surface area contributed by atoms with Crippen molar-refractivity contribution in [2.24, 2.45) is 0 Å². The molecular formula is C11H13BrO3S. The van der Waals surface area contributed by atoms with Crippen LogP contribution in [0, 0.1) is 0 Å². The minimum atomic E-state index is -3.42. The molecule has 1 aromatic carbocycles. The van der Waals surface area contributed by atoms with Crippen LogP contribution in [0.4, 0.5) is 0 Å². The minimum Gasteiger partial charge on any atom is -0.392 e. The van der Waals surface area contributed by atoms with Gasteiger partial charge in [0.2, 0.25) is 0 Å². The fraction of sp³-hybridized carbons (Fsp3) is 0.455. The Morgan fingerprint density at radius 2 is 1.94 bits per heavy atom.